The third-order valence-electron chi connectivity index (χ3n) is 4.73. The molecular weight excluding hydrogens is 440 g/mol. The van der Waals surface area contributed by atoms with E-state index in [0.29, 0.717) is 11.4 Å². The minimum absolute atomic E-state index is 0.00491. The summed E-state index contributed by atoms with van der Waals surface area (Å²) in [6, 6.07) is 7.07. The van der Waals surface area contributed by atoms with Crippen LogP contribution in [0.15, 0.2) is 36.5 Å². The number of likely N-dealkylation sites (tertiary alicyclic amines) is 1. The number of amides is 4. The second-order valence-corrected chi connectivity index (χ2v) is 8.47. The van der Waals surface area contributed by atoms with E-state index in [0.717, 1.165) is 11.3 Å². The molecule has 0 bridgehead atoms. The number of carbonyl (C=O) groups excluding carboxylic acids is 4. The Hall–Kier alpha value is -2.81. The topological polar surface area (TPSA) is 108 Å². The molecule has 0 aromatic heterocycles. The summed E-state index contributed by atoms with van der Waals surface area (Å²) in [5.41, 5.74) is 2.36. The number of thiol groups is 1. The van der Waals surface area contributed by atoms with Crippen LogP contribution in [0.2, 0.25) is 0 Å². The number of aryl methyl sites for hydroxylation is 1. The van der Waals surface area contributed by atoms with Gasteiger partial charge in [-0.3, -0.25) is 24.1 Å². The van der Waals surface area contributed by atoms with Gasteiger partial charge >= 0.3 is 0 Å². The van der Waals surface area contributed by atoms with Gasteiger partial charge in [-0.2, -0.15) is 12.6 Å². The maximum Gasteiger partial charge on any atom is 0.246 e. The molecule has 33 heavy (non-hydrogen) atoms. The predicted octanol–water partition coefficient (Wildman–Crippen LogP) is 2.66. The standard InChI is InChI=1S/C21H28N4O4S.C3H8/c1-4-15-5-7-16(8-6-15)24-20(28)14(3)23-13(2)12-22-18(26)9-10-25-19(27)11-17(30)21(25)29;1-3-2/h5-8,14,17,23,30H,2,4,9-12H2,1,3H3,(H,22,26)(H,24,28);3H2,1-2H3. The average Bonchev–Trinajstić information content (AvgIpc) is 3.02. The van der Waals surface area contributed by atoms with Crippen LogP contribution in [-0.2, 0) is 25.6 Å². The second kappa shape index (κ2) is 14.4. The van der Waals surface area contributed by atoms with Gasteiger partial charge in [0.05, 0.1) is 11.8 Å². The van der Waals surface area contributed by atoms with Crippen molar-refractivity contribution >= 4 is 41.9 Å². The highest BCUT2D eigenvalue weighted by molar-refractivity contribution is 7.81. The molecule has 8 nitrogen and oxygen atoms in total. The normalized spacial score (nSPS) is 15.9. The summed E-state index contributed by atoms with van der Waals surface area (Å²) in [4.78, 5) is 48.8. The van der Waals surface area contributed by atoms with Crippen LogP contribution in [0, 0.1) is 0 Å². The third kappa shape index (κ3) is 9.69. The third-order valence-corrected chi connectivity index (χ3v) is 5.13. The van der Waals surface area contributed by atoms with Crippen molar-refractivity contribution in [3.05, 3.63) is 42.1 Å². The molecule has 2 atom stereocenters. The van der Waals surface area contributed by atoms with Gasteiger partial charge in [0.2, 0.25) is 23.6 Å². The molecule has 1 heterocycles. The number of benzene rings is 1. The molecule has 0 aliphatic carbocycles. The molecule has 1 aliphatic rings. The molecule has 1 fully saturated rings. The van der Waals surface area contributed by atoms with E-state index in [1.165, 1.54) is 12.0 Å². The van der Waals surface area contributed by atoms with Crippen molar-refractivity contribution in [2.45, 2.75) is 64.7 Å². The van der Waals surface area contributed by atoms with Gasteiger partial charge < -0.3 is 16.0 Å². The van der Waals surface area contributed by atoms with Gasteiger partial charge in [0.25, 0.3) is 0 Å². The van der Waals surface area contributed by atoms with Crippen molar-refractivity contribution in [2.24, 2.45) is 0 Å². The van der Waals surface area contributed by atoms with E-state index in [9.17, 15) is 19.2 Å². The maximum absolute atomic E-state index is 12.3. The zero-order valence-corrected chi connectivity index (χ0v) is 20.8. The summed E-state index contributed by atoms with van der Waals surface area (Å²) < 4.78 is 0. The van der Waals surface area contributed by atoms with Gasteiger partial charge in [0, 0.05) is 30.8 Å². The minimum atomic E-state index is -0.623. The van der Waals surface area contributed by atoms with E-state index in [2.05, 4.69) is 55.9 Å². The molecule has 0 saturated carbocycles. The van der Waals surface area contributed by atoms with Gasteiger partial charge in [-0.1, -0.05) is 45.9 Å². The Bertz CT molecular complexity index is 841. The van der Waals surface area contributed by atoms with Crippen LogP contribution < -0.4 is 16.0 Å². The Labute approximate surface area is 202 Å². The number of carbonyl (C=O) groups is 4. The van der Waals surface area contributed by atoms with E-state index in [4.69, 9.17) is 0 Å². The number of hydrogen-bond donors (Lipinski definition) is 4. The predicted molar refractivity (Wildman–Crippen MR) is 134 cm³/mol. The number of nitrogens with zero attached hydrogens (tertiary/aromatic N) is 1. The summed E-state index contributed by atoms with van der Waals surface area (Å²) in [6.45, 7) is 12.0. The molecule has 1 saturated heterocycles. The van der Waals surface area contributed by atoms with E-state index in [1.807, 2.05) is 24.3 Å². The molecule has 1 aromatic carbocycles. The van der Waals surface area contributed by atoms with Gasteiger partial charge in [-0.25, -0.2) is 0 Å². The Morgan fingerprint density at radius 3 is 2.30 bits per heavy atom. The average molecular weight is 477 g/mol. The van der Waals surface area contributed by atoms with Gasteiger partial charge in [0.15, 0.2) is 0 Å². The SMILES string of the molecule is C=C(CNC(=O)CCN1C(=O)CC(S)C1=O)NC(C)C(=O)Nc1ccc(CC)cc1.CCC. The number of imide groups is 1. The van der Waals surface area contributed by atoms with Crippen molar-refractivity contribution < 1.29 is 19.2 Å². The van der Waals surface area contributed by atoms with Gasteiger partial charge in [-0.15, -0.1) is 0 Å². The highest BCUT2D eigenvalue weighted by atomic mass is 32.1. The summed E-state index contributed by atoms with van der Waals surface area (Å²) >= 11 is 4.04. The lowest BCUT2D eigenvalue weighted by molar-refractivity contribution is -0.138. The second-order valence-electron chi connectivity index (χ2n) is 7.85. The smallest absolute Gasteiger partial charge is 0.246 e. The van der Waals surface area contributed by atoms with Gasteiger partial charge in [0.1, 0.15) is 6.04 Å². The molecular formula is C24H36N4O4S. The van der Waals surface area contributed by atoms with Crippen LogP contribution in [0.5, 0.6) is 0 Å². The summed E-state index contributed by atoms with van der Waals surface area (Å²) in [6.07, 6.45) is 2.24. The quantitative estimate of drug-likeness (QED) is 0.307. The van der Waals surface area contributed by atoms with Crippen LogP contribution in [0.4, 0.5) is 5.69 Å². The van der Waals surface area contributed by atoms with Crippen LogP contribution >= 0.6 is 12.6 Å². The zero-order valence-electron chi connectivity index (χ0n) is 19.9. The fourth-order valence-corrected chi connectivity index (χ4v) is 3.20. The van der Waals surface area contributed by atoms with E-state index in [-0.39, 0.29) is 49.6 Å². The highest BCUT2D eigenvalue weighted by Gasteiger charge is 2.36. The minimum Gasteiger partial charge on any atom is -0.376 e. The fraction of sp³-hybridized carbons (Fsp3) is 0.500. The first kappa shape index (κ1) is 28.2. The summed E-state index contributed by atoms with van der Waals surface area (Å²) in [7, 11) is 0. The lowest BCUT2D eigenvalue weighted by Crippen LogP contribution is -2.41. The van der Waals surface area contributed by atoms with Crippen molar-refractivity contribution in [1.29, 1.82) is 0 Å². The molecule has 0 radical (unpaired) electrons. The molecule has 2 unspecified atom stereocenters. The van der Waals surface area contributed by atoms with Crippen LogP contribution in [0.25, 0.3) is 0 Å². The van der Waals surface area contributed by atoms with Crippen LogP contribution in [0.3, 0.4) is 0 Å². The van der Waals surface area contributed by atoms with E-state index < -0.39 is 11.3 Å². The molecule has 0 spiro atoms. The van der Waals surface area contributed by atoms with Crippen LogP contribution in [0.1, 0.15) is 52.5 Å². The Morgan fingerprint density at radius 2 is 1.79 bits per heavy atom. The first-order chi connectivity index (χ1) is 15.6. The first-order valence-electron chi connectivity index (χ1n) is 11.3. The van der Waals surface area contributed by atoms with Gasteiger partial charge in [-0.05, 0) is 31.0 Å². The molecule has 1 aliphatic heterocycles. The Morgan fingerprint density at radius 1 is 1.18 bits per heavy atom. The number of nitrogens with one attached hydrogen (secondary N) is 3. The molecule has 2 rings (SSSR count). The molecule has 9 heteroatoms. The fourth-order valence-electron chi connectivity index (χ4n) is 2.90. The summed E-state index contributed by atoms with van der Waals surface area (Å²) in [5.74, 6) is -1.23. The number of hydrogen-bond acceptors (Lipinski definition) is 6. The van der Waals surface area contributed by atoms with E-state index in [1.54, 1.807) is 6.92 Å². The van der Waals surface area contributed by atoms with Crippen molar-refractivity contribution in [2.75, 3.05) is 18.4 Å². The van der Waals surface area contributed by atoms with Crippen molar-refractivity contribution in [1.82, 2.24) is 15.5 Å². The lowest BCUT2D eigenvalue weighted by Gasteiger charge is -2.18. The maximum atomic E-state index is 12.3. The first-order valence-corrected chi connectivity index (χ1v) is 11.8. The van der Waals surface area contributed by atoms with Crippen molar-refractivity contribution in [3.8, 4) is 0 Å². The molecule has 4 amide bonds. The van der Waals surface area contributed by atoms with E-state index >= 15 is 0 Å². The number of anilines is 1. The highest BCUT2D eigenvalue weighted by Crippen LogP contribution is 2.17. The van der Waals surface area contributed by atoms with Crippen LogP contribution in [-0.4, -0.2) is 52.9 Å². The summed E-state index contributed by atoms with van der Waals surface area (Å²) in [5, 5.41) is 7.80. The Balaban J connectivity index is 0.00000172. The molecule has 182 valence electrons. The lowest BCUT2D eigenvalue weighted by atomic mass is 10.1. The molecule has 3 N–H and O–H groups in total. The number of rotatable bonds is 10. The zero-order chi connectivity index (χ0) is 25.0. The van der Waals surface area contributed by atoms with Crippen molar-refractivity contribution in [3.63, 3.8) is 0 Å². The Kier molecular flexibility index (Phi) is 12.3. The molecule has 1 aromatic rings. The monoisotopic (exact) mass is 476 g/mol. The largest absolute Gasteiger partial charge is 0.376 e.